The third-order valence-electron chi connectivity index (χ3n) is 3.81. The maximum atomic E-state index is 9.75. The van der Waals surface area contributed by atoms with Gasteiger partial charge in [0.1, 0.15) is 0 Å². The molecule has 0 aliphatic rings. The van der Waals surface area contributed by atoms with Gasteiger partial charge in [-0.1, -0.05) is 35.4 Å². The van der Waals surface area contributed by atoms with Gasteiger partial charge in [-0.3, -0.25) is 5.43 Å². The molecular weight excluding hydrogens is 370 g/mol. The molecule has 134 valence electrons. The van der Waals surface area contributed by atoms with Crippen molar-refractivity contribution in [2.24, 2.45) is 5.10 Å². The third kappa shape index (κ3) is 3.98. The second-order valence-corrected chi connectivity index (χ2v) is 7.05. The minimum absolute atomic E-state index is 0.0858. The number of hydrogen-bond acceptors (Lipinski definition) is 6. The van der Waals surface area contributed by atoms with E-state index in [1.165, 1.54) is 29.6 Å². The van der Waals surface area contributed by atoms with Gasteiger partial charge in [0.15, 0.2) is 11.5 Å². The van der Waals surface area contributed by atoms with Crippen LogP contribution in [0, 0.1) is 13.8 Å². The van der Waals surface area contributed by atoms with Crippen LogP contribution in [0.25, 0.3) is 11.3 Å². The van der Waals surface area contributed by atoms with Crippen LogP contribution in [0.1, 0.15) is 16.7 Å². The van der Waals surface area contributed by atoms with Crippen molar-refractivity contribution in [3.05, 3.63) is 57.4 Å². The van der Waals surface area contributed by atoms with Gasteiger partial charge in [-0.05, 0) is 37.1 Å². The largest absolute Gasteiger partial charge is 0.503 e. The minimum Gasteiger partial charge on any atom is -0.503 e. The molecular formula is C19H18ClN3O2S. The quantitative estimate of drug-likeness (QED) is 0.464. The van der Waals surface area contributed by atoms with Crippen LogP contribution in [0.4, 0.5) is 5.13 Å². The van der Waals surface area contributed by atoms with Crippen molar-refractivity contribution in [2.45, 2.75) is 13.8 Å². The van der Waals surface area contributed by atoms with Crippen molar-refractivity contribution in [1.29, 1.82) is 0 Å². The normalized spacial score (nSPS) is 11.1. The van der Waals surface area contributed by atoms with E-state index in [2.05, 4.69) is 47.6 Å². The lowest BCUT2D eigenvalue weighted by molar-refractivity contribution is 0.373. The van der Waals surface area contributed by atoms with Gasteiger partial charge in [0.05, 0.1) is 24.0 Å². The van der Waals surface area contributed by atoms with E-state index in [-0.39, 0.29) is 10.8 Å². The lowest BCUT2D eigenvalue weighted by atomic mass is 10.0. The number of methoxy groups -OCH3 is 1. The number of thiazole rings is 1. The van der Waals surface area contributed by atoms with Crippen LogP contribution < -0.4 is 10.2 Å². The Labute approximate surface area is 160 Å². The second-order valence-electron chi connectivity index (χ2n) is 5.78. The summed E-state index contributed by atoms with van der Waals surface area (Å²) in [4.78, 5) is 4.57. The smallest absolute Gasteiger partial charge is 0.203 e. The predicted octanol–water partition coefficient (Wildman–Crippen LogP) is 5.24. The molecule has 0 aliphatic heterocycles. The number of hydrogen-bond donors (Lipinski definition) is 2. The van der Waals surface area contributed by atoms with Crippen molar-refractivity contribution in [1.82, 2.24) is 4.98 Å². The summed E-state index contributed by atoms with van der Waals surface area (Å²) in [6, 6.07) is 9.55. The van der Waals surface area contributed by atoms with E-state index in [1.807, 2.05) is 5.38 Å². The zero-order valence-electron chi connectivity index (χ0n) is 14.6. The summed E-state index contributed by atoms with van der Waals surface area (Å²) in [7, 11) is 1.47. The number of halogens is 1. The molecule has 2 N–H and O–H groups in total. The molecule has 0 amide bonds. The van der Waals surface area contributed by atoms with E-state index >= 15 is 0 Å². The average molecular weight is 388 g/mol. The molecule has 0 bridgehead atoms. The Kier molecular flexibility index (Phi) is 5.44. The number of anilines is 1. The van der Waals surface area contributed by atoms with Crippen LogP contribution in [-0.2, 0) is 0 Å². The first-order valence-corrected chi connectivity index (χ1v) is 9.12. The summed E-state index contributed by atoms with van der Waals surface area (Å²) < 4.78 is 5.08. The number of hydrazone groups is 1. The van der Waals surface area contributed by atoms with Crippen LogP contribution in [0.5, 0.6) is 11.5 Å². The molecule has 7 heteroatoms. The minimum atomic E-state index is -0.0858. The number of phenolic OH excluding ortho intramolecular Hbond substituents is 1. The fourth-order valence-electron chi connectivity index (χ4n) is 2.54. The summed E-state index contributed by atoms with van der Waals surface area (Å²) in [6.45, 7) is 4.15. The van der Waals surface area contributed by atoms with Crippen molar-refractivity contribution in [3.63, 3.8) is 0 Å². The highest BCUT2D eigenvalue weighted by Crippen LogP contribution is 2.34. The van der Waals surface area contributed by atoms with Gasteiger partial charge in [-0.25, -0.2) is 4.98 Å². The fourth-order valence-corrected chi connectivity index (χ4v) is 3.41. The van der Waals surface area contributed by atoms with Crippen LogP contribution in [0.15, 0.2) is 40.8 Å². The Bertz CT molecular complexity index is 969. The molecule has 2 aromatic carbocycles. The predicted molar refractivity (Wildman–Crippen MR) is 108 cm³/mol. The molecule has 0 unspecified atom stereocenters. The second kappa shape index (κ2) is 7.76. The topological polar surface area (TPSA) is 66.7 Å². The van der Waals surface area contributed by atoms with Gasteiger partial charge in [-0.15, -0.1) is 11.3 Å². The molecule has 3 rings (SSSR count). The number of aromatic hydroxyl groups is 1. The number of nitrogens with one attached hydrogen (secondary N) is 1. The molecule has 3 aromatic rings. The highest BCUT2D eigenvalue weighted by Gasteiger charge is 2.09. The zero-order valence-corrected chi connectivity index (χ0v) is 16.1. The SMILES string of the molecule is COc1cc(/C=N\Nc2nc(-c3ccc(C)cc3C)cs2)cc(Cl)c1O. The Morgan fingerprint density at radius 1 is 1.27 bits per heavy atom. The number of benzene rings is 2. The van der Waals surface area contributed by atoms with E-state index < -0.39 is 0 Å². The number of nitrogens with zero attached hydrogens (tertiary/aromatic N) is 2. The van der Waals surface area contributed by atoms with Gasteiger partial charge < -0.3 is 9.84 Å². The maximum Gasteiger partial charge on any atom is 0.203 e. The van der Waals surface area contributed by atoms with Crippen molar-refractivity contribution in [2.75, 3.05) is 12.5 Å². The number of rotatable bonds is 5. The fraction of sp³-hybridized carbons (Fsp3) is 0.158. The molecule has 0 atom stereocenters. The molecule has 1 aromatic heterocycles. The van der Waals surface area contributed by atoms with E-state index in [0.717, 1.165) is 11.3 Å². The summed E-state index contributed by atoms with van der Waals surface area (Å²) in [5.74, 6) is 0.211. The van der Waals surface area contributed by atoms with Crippen molar-refractivity contribution >= 4 is 34.3 Å². The molecule has 0 radical (unpaired) electrons. The Morgan fingerprint density at radius 2 is 2.08 bits per heavy atom. The Hall–Kier alpha value is -2.57. The molecule has 0 saturated heterocycles. The van der Waals surface area contributed by atoms with Crippen LogP contribution in [0.2, 0.25) is 5.02 Å². The van der Waals surface area contributed by atoms with Gasteiger partial charge in [0, 0.05) is 10.9 Å². The Morgan fingerprint density at radius 3 is 2.81 bits per heavy atom. The highest BCUT2D eigenvalue weighted by atomic mass is 35.5. The van der Waals surface area contributed by atoms with E-state index in [4.69, 9.17) is 16.3 Å². The summed E-state index contributed by atoms with van der Waals surface area (Å²) in [6.07, 6.45) is 1.59. The van der Waals surface area contributed by atoms with Crippen LogP contribution in [0.3, 0.4) is 0 Å². The number of phenols is 1. The first kappa shape index (κ1) is 18.2. The summed E-state index contributed by atoms with van der Waals surface area (Å²) >= 11 is 7.45. The van der Waals surface area contributed by atoms with Gasteiger partial charge in [0.25, 0.3) is 0 Å². The maximum absolute atomic E-state index is 9.75. The summed E-state index contributed by atoms with van der Waals surface area (Å²) in [5.41, 5.74) is 8.06. The Balaban J connectivity index is 1.74. The van der Waals surface area contributed by atoms with E-state index in [1.54, 1.807) is 18.3 Å². The lowest BCUT2D eigenvalue weighted by Crippen LogP contribution is -1.92. The standard InChI is InChI=1S/C19H18ClN3O2S/c1-11-4-5-14(12(2)6-11)16-10-26-19(22-16)23-21-9-13-7-15(20)18(24)17(8-13)25-3/h4-10,24H,1-3H3,(H,22,23)/b21-9-. The molecule has 0 spiro atoms. The molecule has 1 heterocycles. The lowest BCUT2D eigenvalue weighted by Gasteiger charge is -2.05. The molecule has 0 saturated carbocycles. The first-order chi connectivity index (χ1) is 12.5. The van der Waals surface area contributed by atoms with Gasteiger partial charge in [-0.2, -0.15) is 5.10 Å². The van der Waals surface area contributed by atoms with Crippen molar-refractivity contribution in [3.8, 4) is 22.8 Å². The number of aryl methyl sites for hydroxylation is 2. The van der Waals surface area contributed by atoms with Crippen LogP contribution >= 0.6 is 22.9 Å². The van der Waals surface area contributed by atoms with E-state index in [0.29, 0.717) is 16.4 Å². The summed E-state index contributed by atoms with van der Waals surface area (Å²) in [5, 5.41) is 16.8. The average Bonchev–Trinajstić information content (AvgIpc) is 3.06. The van der Waals surface area contributed by atoms with Crippen molar-refractivity contribution < 1.29 is 9.84 Å². The molecule has 0 aliphatic carbocycles. The molecule has 26 heavy (non-hydrogen) atoms. The van der Waals surface area contributed by atoms with E-state index in [9.17, 15) is 5.11 Å². The van der Waals surface area contributed by atoms with Crippen LogP contribution in [-0.4, -0.2) is 23.4 Å². The third-order valence-corrected chi connectivity index (χ3v) is 4.84. The molecule has 5 nitrogen and oxygen atoms in total. The first-order valence-electron chi connectivity index (χ1n) is 7.86. The van der Waals surface area contributed by atoms with Gasteiger partial charge in [0.2, 0.25) is 5.13 Å². The highest BCUT2D eigenvalue weighted by molar-refractivity contribution is 7.14. The zero-order chi connectivity index (χ0) is 18.7. The number of aromatic nitrogens is 1. The van der Waals surface area contributed by atoms with Gasteiger partial charge >= 0.3 is 0 Å². The molecule has 0 fully saturated rings. The number of ether oxygens (including phenoxy) is 1. The monoisotopic (exact) mass is 387 g/mol.